The summed E-state index contributed by atoms with van der Waals surface area (Å²) >= 11 is 3.41. The first kappa shape index (κ1) is 14.4. The Kier molecular flexibility index (Phi) is 4.26. The highest BCUT2D eigenvalue weighted by atomic mass is 79.9. The molecule has 5 heteroatoms. The van der Waals surface area contributed by atoms with Gasteiger partial charge in [-0.25, -0.2) is 4.99 Å². The summed E-state index contributed by atoms with van der Waals surface area (Å²) < 4.78 is 11.5. The molecule has 0 saturated carbocycles. The molecule has 0 saturated heterocycles. The number of nitriles is 1. The lowest BCUT2D eigenvalue weighted by molar-refractivity contribution is 0.412. The Morgan fingerprint density at radius 3 is 2.75 bits per heavy atom. The molecule has 0 radical (unpaired) electrons. The Bertz CT molecular complexity index is 711. The predicted molar refractivity (Wildman–Crippen MR) is 80.8 cm³/mol. The minimum atomic E-state index is 0.342. The molecule has 20 heavy (non-hydrogen) atoms. The smallest absolute Gasteiger partial charge is 0.237 e. The quantitative estimate of drug-likeness (QED) is 0.787. The molecule has 1 aromatic carbocycles. The maximum Gasteiger partial charge on any atom is 0.237 e. The Hall–Kier alpha value is -2.06. The highest BCUT2D eigenvalue weighted by Crippen LogP contribution is 2.28. The molecule has 0 spiro atoms. The fraction of sp³-hybridized carbons (Fsp3) is 0.200. The van der Waals surface area contributed by atoms with Crippen LogP contribution in [0.1, 0.15) is 22.5 Å². The van der Waals surface area contributed by atoms with Gasteiger partial charge in [0.2, 0.25) is 5.88 Å². The van der Waals surface area contributed by atoms with Gasteiger partial charge in [0.1, 0.15) is 23.1 Å². The molecule has 0 aliphatic rings. The van der Waals surface area contributed by atoms with Crippen molar-refractivity contribution in [2.75, 3.05) is 7.11 Å². The first-order valence-corrected chi connectivity index (χ1v) is 6.73. The van der Waals surface area contributed by atoms with Crippen molar-refractivity contribution in [2.45, 2.75) is 13.8 Å². The molecular formula is C15H13BrN2O2. The van der Waals surface area contributed by atoms with Gasteiger partial charge in [-0.05, 0) is 53.5 Å². The van der Waals surface area contributed by atoms with E-state index in [-0.39, 0.29) is 0 Å². The molecule has 0 fully saturated rings. The number of furan rings is 1. The molecule has 4 nitrogen and oxygen atoms in total. The van der Waals surface area contributed by atoms with E-state index in [1.807, 2.05) is 32.0 Å². The summed E-state index contributed by atoms with van der Waals surface area (Å²) in [5.74, 6) is 1.81. The number of benzene rings is 1. The Morgan fingerprint density at radius 2 is 2.15 bits per heavy atom. The first-order chi connectivity index (χ1) is 9.56. The van der Waals surface area contributed by atoms with Crippen LogP contribution < -0.4 is 4.74 Å². The van der Waals surface area contributed by atoms with Crippen LogP contribution in [0.4, 0.5) is 5.88 Å². The second kappa shape index (κ2) is 5.93. The third kappa shape index (κ3) is 2.75. The number of nitrogens with zero attached hydrogens (tertiary/aromatic N) is 2. The Labute approximate surface area is 125 Å². The van der Waals surface area contributed by atoms with E-state index in [1.165, 1.54) is 0 Å². The summed E-state index contributed by atoms with van der Waals surface area (Å²) in [6, 6.07) is 7.72. The van der Waals surface area contributed by atoms with Crippen molar-refractivity contribution in [3.63, 3.8) is 0 Å². The Morgan fingerprint density at radius 1 is 1.40 bits per heavy atom. The molecule has 1 heterocycles. The van der Waals surface area contributed by atoms with E-state index < -0.39 is 0 Å². The van der Waals surface area contributed by atoms with Crippen LogP contribution in [-0.2, 0) is 0 Å². The Balaban J connectivity index is 2.33. The molecule has 0 amide bonds. The number of rotatable bonds is 3. The van der Waals surface area contributed by atoms with Gasteiger partial charge < -0.3 is 9.15 Å². The van der Waals surface area contributed by atoms with Crippen LogP contribution in [0.2, 0.25) is 0 Å². The number of ether oxygens (including phenoxy) is 1. The van der Waals surface area contributed by atoms with Crippen LogP contribution in [0, 0.1) is 25.2 Å². The zero-order valence-corrected chi connectivity index (χ0v) is 13.0. The van der Waals surface area contributed by atoms with E-state index in [4.69, 9.17) is 14.4 Å². The number of methoxy groups -OCH3 is 1. The highest BCUT2D eigenvalue weighted by Gasteiger charge is 2.12. The zero-order valence-electron chi connectivity index (χ0n) is 11.4. The van der Waals surface area contributed by atoms with Gasteiger partial charge in [0.05, 0.1) is 11.6 Å². The third-order valence-electron chi connectivity index (χ3n) is 2.99. The molecular weight excluding hydrogens is 320 g/mol. The van der Waals surface area contributed by atoms with Crippen molar-refractivity contribution >= 4 is 28.0 Å². The number of aryl methyl sites for hydroxylation is 1. The maximum atomic E-state index is 9.11. The molecule has 0 unspecified atom stereocenters. The lowest BCUT2D eigenvalue weighted by Crippen LogP contribution is -1.87. The monoisotopic (exact) mass is 332 g/mol. The predicted octanol–water partition coefficient (Wildman–Crippen LogP) is 4.29. The molecule has 2 rings (SSSR count). The molecule has 0 atom stereocenters. The van der Waals surface area contributed by atoms with Gasteiger partial charge in [-0.15, -0.1) is 0 Å². The third-order valence-corrected chi connectivity index (χ3v) is 3.60. The van der Waals surface area contributed by atoms with Crippen molar-refractivity contribution in [3.05, 3.63) is 45.1 Å². The van der Waals surface area contributed by atoms with Crippen molar-refractivity contribution < 1.29 is 9.15 Å². The molecule has 0 aliphatic heterocycles. The van der Waals surface area contributed by atoms with Gasteiger partial charge >= 0.3 is 0 Å². The highest BCUT2D eigenvalue weighted by molar-refractivity contribution is 9.10. The van der Waals surface area contributed by atoms with E-state index in [2.05, 4.69) is 27.0 Å². The van der Waals surface area contributed by atoms with E-state index in [9.17, 15) is 0 Å². The van der Waals surface area contributed by atoms with E-state index >= 15 is 0 Å². The topological polar surface area (TPSA) is 58.5 Å². The van der Waals surface area contributed by atoms with Gasteiger partial charge in [0, 0.05) is 11.8 Å². The fourth-order valence-corrected chi connectivity index (χ4v) is 2.29. The summed E-state index contributed by atoms with van der Waals surface area (Å²) in [5, 5.41) is 9.11. The number of halogens is 1. The fourth-order valence-electron chi connectivity index (χ4n) is 1.73. The second-order valence-corrected chi connectivity index (χ2v) is 5.08. The van der Waals surface area contributed by atoms with Crippen molar-refractivity contribution in [3.8, 4) is 11.8 Å². The van der Waals surface area contributed by atoms with E-state index in [0.717, 1.165) is 21.3 Å². The average molecular weight is 333 g/mol. The lowest BCUT2D eigenvalue weighted by Gasteiger charge is -2.02. The molecule has 0 aliphatic carbocycles. The van der Waals surface area contributed by atoms with Crippen LogP contribution in [0.3, 0.4) is 0 Å². The van der Waals surface area contributed by atoms with Gasteiger partial charge in [-0.1, -0.05) is 0 Å². The number of hydrogen-bond acceptors (Lipinski definition) is 4. The zero-order chi connectivity index (χ0) is 14.7. The van der Waals surface area contributed by atoms with Gasteiger partial charge in [0.15, 0.2) is 0 Å². The van der Waals surface area contributed by atoms with Gasteiger partial charge in [-0.2, -0.15) is 5.26 Å². The molecule has 0 N–H and O–H groups in total. The lowest BCUT2D eigenvalue weighted by atomic mass is 10.2. The molecule has 102 valence electrons. The van der Waals surface area contributed by atoms with Crippen molar-refractivity contribution in [1.29, 1.82) is 5.26 Å². The normalized spacial score (nSPS) is 10.8. The van der Waals surface area contributed by atoms with Crippen molar-refractivity contribution in [2.24, 2.45) is 4.99 Å². The molecule has 0 bridgehead atoms. The minimum Gasteiger partial charge on any atom is -0.496 e. The van der Waals surface area contributed by atoms with Crippen molar-refractivity contribution in [1.82, 2.24) is 0 Å². The van der Waals surface area contributed by atoms with E-state index in [0.29, 0.717) is 17.2 Å². The van der Waals surface area contributed by atoms with Crippen LogP contribution in [0.5, 0.6) is 5.75 Å². The second-order valence-electron chi connectivity index (χ2n) is 4.23. The average Bonchev–Trinajstić information content (AvgIpc) is 2.71. The molecule has 1 aromatic heterocycles. The van der Waals surface area contributed by atoms with E-state index in [1.54, 1.807) is 13.3 Å². The van der Waals surface area contributed by atoms with Gasteiger partial charge in [-0.3, -0.25) is 0 Å². The summed E-state index contributed by atoms with van der Waals surface area (Å²) in [6.07, 6.45) is 1.66. The maximum absolute atomic E-state index is 9.11. The van der Waals surface area contributed by atoms with Crippen LogP contribution in [-0.4, -0.2) is 13.3 Å². The first-order valence-electron chi connectivity index (χ1n) is 5.94. The van der Waals surface area contributed by atoms with Crippen LogP contribution in [0.15, 0.2) is 32.1 Å². The largest absolute Gasteiger partial charge is 0.496 e. The standard InChI is InChI=1S/C15H13BrN2O2/c1-9-10(2)20-15(12(9)7-17)18-8-11-4-5-14(19-3)13(16)6-11/h4-6,8H,1-3H3. The number of aliphatic imine (C=N–C) groups is 1. The molecule has 2 aromatic rings. The SMILES string of the molecule is COc1ccc(C=Nc2oc(C)c(C)c2C#N)cc1Br. The van der Waals surface area contributed by atoms with Crippen LogP contribution in [0.25, 0.3) is 0 Å². The summed E-state index contributed by atoms with van der Waals surface area (Å²) in [4.78, 5) is 4.25. The number of hydrogen-bond donors (Lipinski definition) is 0. The van der Waals surface area contributed by atoms with Gasteiger partial charge in [0.25, 0.3) is 0 Å². The minimum absolute atomic E-state index is 0.342. The summed E-state index contributed by atoms with van der Waals surface area (Å²) in [7, 11) is 1.61. The summed E-state index contributed by atoms with van der Waals surface area (Å²) in [5.41, 5.74) is 2.19. The summed E-state index contributed by atoms with van der Waals surface area (Å²) in [6.45, 7) is 3.67. The van der Waals surface area contributed by atoms with Crippen LogP contribution >= 0.6 is 15.9 Å².